The molecule has 1 aliphatic rings. The highest BCUT2D eigenvalue weighted by Crippen LogP contribution is 2.23. The van der Waals surface area contributed by atoms with Crippen LogP contribution in [0.25, 0.3) is 11.5 Å². The van der Waals surface area contributed by atoms with Gasteiger partial charge in [0.05, 0.1) is 17.0 Å². The summed E-state index contributed by atoms with van der Waals surface area (Å²) in [4.78, 5) is 4.79. The maximum atomic E-state index is 6.11. The van der Waals surface area contributed by atoms with Crippen molar-refractivity contribution in [2.45, 2.75) is 6.54 Å². The molecular formula is C20H22ClN3O3. The summed E-state index contributed by atoms with van der Waals surface area (Å²) in [5.41, 5.74) is 0.928. The molecule has 0 N–H and O–H groups in total. The molecule has 7 heteroatoms. The molecular weight excluding hydrogens is 366 g/mol. The third-order valence-electron chi connectivity index (χ3n) is 4.68. The number of piperazine rings is 1. The summed E-state index contributed by atoms with van der Waals surface area (Å²) in [5, 5.41) is 4.81. The van der Waals surface area contributed by atoms with Crippen LogP contribution in [-0.4, -0.2) is 54.3 Å². The first-order valence-electron chi connectivity index (χ1n) is 9.09. The molecule has 0 unspecified atom stereocenters. The predicted molar refractivity (Wildman–Crippen MR) is 103 cm³/mol. The molecule has 0 amide bonds. The number of halogens is 1. The van der Waals surface area contributed by atoms with Crippen LogP contribution in [-0.2, 0) is 6.54 Å². The second-order valence-corrected chi connectivity index (χ2v) is 6.96. The molecule has 0 radical (unpaired) electrons. The molecule has 0 aliphatic carbocycles. The van der Waals surface area contributed by atoms with E-state index in [0.717, 1.165) is 50.7 Å². The van der Waals surface area contributed by atoms with E-state index in [9.17, 15) is 0 Å². The lowest BCUT2D eigenvalue weighted by Gasteiger charge is -2.34. The zero-order chi connectivity index (χ0) is 18.5. The van der Waals surface area contributed by atoms with Gasteiger partial charge in [0, 0.05) is 45.3 Å². The van der Waals surface area contributed by atoms with Crippen LogP contribution >= 0.6 is 11.6 Å². The molecule has 0 atom stereocenters. The number of nitrogens with zero attached hydrogens (tertiary/aromatic N) is 3. The Balaban J connectivity index is 1.20. The van der Waals surface area contributed by atoms with Gasteiger partial charge in [0.15, 0.2) is 5.76 Å². The van der Waals surface area contributed by atoms with E-state index < -0.39 is 0 Å². The summed E-state index contributed by atoms with van der Waals surface area (Å²) in [5.74, 6) is 2.12. The lowest BCUT2D eigenvalue weighted by molar-refractivity contribution is 0.111. The van der Waals surface area contributed by atoms with E-state index in [1.54, 1.807) is 6.26 Å². The molecule has 6 nitrogen and oxygen atoms in total. The van der Waals surface area contributed by atoms with E-state index in [-0.39, 0.29) is 0 Å². The zero-order valence-corrected chi connectivity index (χ0v) is 15.8. The molecule has 1 aliphatic heterocycles. The zero-order valence-electron chi connectivity index (χ0n) is 15.0. The highest BCUT2D eigenvalue weighted by Gasteiger charge is 2.19. The normalized spacial score (nSPS) is 15.9. The van der Waals surface area contributed by atoms with Crippen LogP contribution in [0.3, 0.4) is 0 Å². The van der Waals surface area contributed by atoms with Crippen LogP contribution in [0.2, 0.25) is 5.02 Å². The van der Waals surface area contributed by atoms with Crippen molar-refractivity contribution in [3.05, 3.63) is 59.4 Å². The maximum Gasteiger partial charge on any atom is 0.202 e. The summed E-state index contributed by atoms with van der Waals surface area (Å²) in [6.45, 7) is 6.33. The average molecular weight is 388 g/mol. The fraction of sp³-hybridized carbons (Fsp3) is 0.350. The number of furan rings is 1. The first-order valence-corrected chi connectivity index (χ1v) is 9.47. The van der Waals surface area contributed by atoms with Gasteiger partial charge < -0.3 is 13.7 Å². The Morgan fingerprint density at radius 2 is 1.81 bits per heavy atom. The molecule has 27 heavy (non-hydrogen) atoms. The molecule has 0 bridgehead atoms. The molecule has 4 rings (SSSR count). The predicted octanol–water partition coefficient (Wildman–Crippen LogP) is 3.78. The Bertz CT molecular complexity index is 842. The Labute approximate surface area is 163 Å². The van der Waals surface area contributed by atoms with E-state index in [2.05, 4.69) is 15.0 Å². The molecule has 0 spiro atoms. The van der Waals surface area contributed by atoms with Gasteiger partial charge in [0.25, 0.3) is 0 Å². The second-order valence-electron chi connectivity index (χ2n) is 6.56. The van der Waals surface area contributed by atoms with Crippen molar-refractivity contribution < 1.29 is 13.7 Å². The molecule has 3 heterocycles. The van der Waals surface area contributed by atoms with Gasteiger partial charge in [-0.05, 0) is 24.3 Å². The fourth-order valence-electron chi connectivity index (χ4n) is 3.17. The van der Waals surface area contributed by atoms with Gasteiger partial charge in [-0.15, -0.1) is 0 Å². The van der Waals surface area contributed by atoms with E-state index in [1.807, 2.05) is 42.5 Å². The van der Waals surface area contributed by atoms with E-state index in [4.69, 9.17) is 25.3 Å². The number of benzene rings is 1. The summed E-state index contributed by atoms with van der Waals surface area (Å²) < 4.78 is 16.5. The quantitative estimate of drug-likeness (QED) is 0.615. The molecule has 1 fully saturated rings. The molecule has 3 aromatic rings. The minimum Gasteiger partial charge on any atom is -0.491 e. The number of hydrogen-bond acceptors (Lipinski definition) is 6. The van der Waals surface area contributed by atoms with Gasteiger partial charge in [-0.3, -0.25) is 9.80 Å². The van der Waals surface area contributed by atoms with Gasteiger partial charge in [-0.2, -0.15) is 0 Å². The summed E-state index contributed by atoms with van der Waals surface area (Å²) in [7, 11) is 0. The van der Waals surface area contributed by atoms with Gasteiger partial charge in [0.1, 0.15) is 12.4 Å². The average Bonchev–Trinajstić information content (AvgIpc) is 3.36. The lowest BCUT2D eigenvalue weighted by atomic mass is 10.2. The SMILES string of the molecule is Clc1ccccc1OCCN1CCN(Cc2cc(-c3ccco3)on2)CC1. The monoisotopic (exact) mass is 387 g/mol. The first-order chi connectivity index (χ1) is 13.3. The molecule has 142 valence electrons. The van der Waals surface area contributed by atoms with Crippen LogP contribution < -0.4 is 4.74 Å². The van der Waals surface area contributed by atoms with E-state index in [0.29, 0.717) is 23.2 Å². The van der Waals surface area contributed by atoms with Crippen molar-refractivity contribution in [1.82, 2.24) is 15.0 Å². The van der Waals surface area contributed by atoms with Crippen LogP contribution in [0.5, 0.6) is 5.75 Å². The number of rotatable bonds is 7. The lowest BCUT2D eigenvalue weighted by Crippen LogP contribution is -2.47. The Kier molecular flexibility index (Phi) is 5.77. The highest BCUT2D eigenvalue weighted by atomic mass is 35.5. The van der Waals surface area contributed by atoms with Gasteiger partial charge in [0.2, 0.25) is 5.76 Å². The third-order valence-corrected chi connectivity index (χ3v) is 4.99. The molecule has 0 saturated carbocycles. The van der Waals surface area contributed by atoms with Crippen LogP contribution in [0, 0.1) is 0 Å². The van der Waals surface area contributed by atoms with Crippen molar-refractivity contribution in [1.29, 1.82) is 0 Å². The summed E-state index contributed by atoms with van der Waals surface area (Å²) in [6.07, 6.45) is 1.63. The second kappa shape index (κ2) is 8.61. The number of para-hydroxylation sites is 1. The third kappa shape index (κ3) is 4.71. The Hall–Kier alpha value is -2.28. The number of aromatic nitrogens is 1. The molecule has 2 aromatic heterocycles. The smallest absolute Gasteiger partial charge is 0.202 e. The van der Waals surface area contributed by atoms with E-state index in [1.165, 1.54) is 0 Å². The van der Waals surface area contributed by atoms with Crippen molar-refractivity contribution in [3.63, 3.8) is 0 Å². The Morgan fingerprint density at radius 1 is 1.00 bits per heavy atom. The van der Waals surface area contributed by atoms with Crippen molar-refractivity contribution in [2.75, 3.05) is 39.3 Å². The topological polar surface area (TPSA) is 54.9 Å². The van der Waals surface area contributed by atoms with Crippen LogP contribution in [0.15, 0.2) is 57.7 Å². The molecule has 1 saturated heterocycles. The summed E-state index contributed by atoms with van der Waals surface area (Å²) in [6, 6.07) is 13.2. The van der Waals surface area contributed by atoms with Gasteiger partial charge in [-0.25, -0.2) is 0 Å². The van der Waals surface area contributed by atoms with E-state index >= 15 is 0 Å². The van der Waals surface area contributed by atoms with Crippen molar-refractivity contribution in [3.8, 4) is 17.3 Å². The standard InChI is InChI=1S/C20H22ClN3O3/c21-17-4-1-2-5-18(17)26-13-11-23-7-9-24(10-8-23)15-16-14-20(27-22-16)19-6-3-12-25-19/h1-6,12,14H,7-11,13,15H2. The minimum absolute atomic E-state index is 0.638. The maximum absolute atomic E-state index is 6.11. The Morgan fingerprint density at radius 3 is 2.59 bits per heavy atom. The van der Waals surface area contributed by atoms with Crippen LogP contribution in [0.4, 0.5) is 0 Å². The largest absolute Gasteiger partial charge is 0.491 e. The highest BCUT2D eigenvalue weighted by molar-refractivity contribution is 6.32. The number of hydrogen-bond donors (Lipinski definition) is 0. The first kappa shape index (κ1) is 18.1. The number of ether oxygens (including phenoxy) is 1. The fourth-order valence-corrected chi connectivity index (χ4v) is 3.36. The van der Waals surface area contributed by atoms with Crippen molar-refractivity contribution in [2.24, 2.45) is 0 Å². The molecule has 1 aromatic carbocycles. The summed E-state index contributed by atoms with van der Waals surface area (Å²) >= 11 is 6.11. The van der Waals surface area contributed by atoms with Gasteiger partial charge >= 0.3 is 0 Å². The van der Waals surface area contributed by atoms with Gasteiger partial charge in [-0.1, -0.05) is 28.9 Å². The van der Waals surface area contributed by atoms with Crippen LogP contribution in [0.1, 0.15) is 5.69 Å². The van der Waals surface area contributed by atoms with Crippen molar-refractivity contribution >= 4 is 11.6 Å². The minimum atomic E-state index is 0.638.